The summed E-state index contributed by atoms with van der Waals surface area (Å²) in [5.74, 6) is 0.869. The van der Waals surface area contributed by atoms with Gasteiger partial charge in [0.15, 0.2) is 11.6 Å². The fourth-order valence-corrected chi connectivity index (χ4v) is 13.1. The van der Waals surface area contributed by atoms with E-state index in [1.807, 2.05) is 13.0 Å². The minimum Gasteiger partial charge on any atom is -0.309 e. The molecule has 91 heavy (non-hydrogen) atoms. The molecule has 434 valence electrons. The molecule has 0 fully saturated rings. The molecule has 16 rings (SSSR count). The minimum absolute atomic E-state index is 0.433. The molecule has 0 atom stereocenters. The number of aryl methyl sites for hydroxylation is 2. The lowest BCUT2D eigenvalue weighted by atomic mass is 9.96. The van der Waals surface area contributed by atoms with Crippen LogP contribution in [0.3, 0.4) is 0 Å². The lowest BCUT2D eigenvalue weighted by molar-refractivity contribution is 1.09. The normalized spacial score (nSPS) is 11.9. The van der Waals surface area contributed by atoms with Gasteiger partial charge in [0.25, 0.3) is 0 Å². The summed E-state index contributed by atoms with van der Waals surface area (Å²) >= 11 is 0. The molecule has 0 radical (unpaired) electrons. The van der Waals surface area contributed by atoms with Gasteiger partial charge in [0, 0.05) is 71.6 Å². The average molecular weight is 1170 g/mol. The first-order valence-corrected chi connectivity index (χ1v) is 30.9. The summed E-state index contributed by atoms with van der Waals surface area (Å²) in [4.78, 5) is 21.3. The van der Waals surface area contributed by atoms with E-state index in [-0.39, 0.29) is 0 Å². The molecule has 0 saturated carbocycles. The first kappa shape index (κ1) is 55.8. The Morgan fingerprint density at radius 3 is 0.901 bits per heavy atom. The zero-order chi connectivity index (χ0) is 61.5. The maximum atomic E-state index is 5.36. The van der Waals surface area contributed by atoms with Crippen molar-refractivity contribution in [3.05, 3.63) is 326 Å². The Hall–Kier alpha value is -11.8. The molecule has 0 unspecified atom stereocenters. The van der Waals surface area contributed by atoms with Crippen LogP contribution in [0.1, 0.15) is 30.5 Å². The summed E-state index contributed by atoms with van der Waals surface area (Å²) in [5, 5.41) is 7.35. The third-order valence-corrected chi connectivity index (χ3v) is 17.5. The molecule has 0 amide bonds. The van der Waals surface area contributed by atoms with Crippen LogP contribution in [0.5, 0.6) is 0 Å². The van der Waals surface area contributed by atoms with E-state index in [1.54, 1.807) is 0 Å². The van der Waals surface area contributed by atoms with Crippen molar-refractivity contribution in [2.45, 2.75) is 27.7 Å². The molecule has 16 aromatic rings. The number of benzene rings is 11. The second kappa shape index (κ2) is 23.7. The molecule has 11 aromatic carbocycles. The number of hydrogen-bond donors (Lipinski definition) is 0. The highest BCUT2D eigenvalue weighted by molar-refractivity contribution is 6.11. The molecule has 0 bridgehead atoms. The molecule has 0 spiro atoms. The number of fused-ring (bicyclic) bond motifs is 9. The first-order valence-electron chi connectivity index (χ1n) is 30.9. The van der Waals surface area contributed by atoms with Crippen molar-refractivity contribution in [2.75, 3.05) is 0 Å². The summed E-state index contributed by atoms with van der Waals surface area (Å²) in [6.07, 6.45) is 6.10. The summed E-state index contributed by atoms with van der Waals surface area (Å²) in [7, 11) is 0. The summed E-state index contributed by atoms with van der Waals surface area (Å²) < 4.78 is 7.01. The zero-order valence-corrected chi connectivity index (χ0v) is 51.1. The van der Waals surface area contributed by atoms with Gasteiger partial charge >= 0.3 is 0 Å². The van der Waals surface area contributed by atoms with Crippen molar-refractivity contribution >= 4 is 71.0 Å². The number of allylic oxidation sites excluding steroid dienone is 5. The van der Waals surface area contributed by atoms with E-state index in [2.05, 4.69) is 332 Å². The van der Waals surface area contributed by atoms with Crippen molar-refractivity contribution in [2.24, 2.45) is 0 Å². The Labute approximate surface area is 529 Å². The molecule has 0 saturated heterocycles. The average Bonchev–Trinajstić information content (AvgIpc) is 1.66. The van der Waals surface area contributed by atoms with Gasteiger partial charge in [-0.05, 0) is 135 Å². The summed E-state index contributed by atoms with van der Waals surface area (Å²) in [6, 6.07) is 98.7. The van der Waals surface area contributed by atoms with Gasteiger partial charge in [-0.3, -0.25) is 0 Å². The maximum Gasteiger partial charge on any atom is 0.198 e. The monoisotopic (exact) mass is 1170 g/mol. The van der Waals surface area contributed by atoms with Crippen molar-refractivity contribution in [1.82, 2.24) is 33.6 Å². The molecule has 7 heteroatoms. The van der Waals surface area contributed by atoms with E-state index in [1.165, 1.54) is 60.2 Å². The summed E-state index contributed by atoms with van der Waals surface area (Å²) in [5.41, 5.74) is 23.3. The third-order valence-electron chi connectivity index (χ3n) is 17.5. The van der Waals surface area contributed by atoms with Crippen LogP contribution in [0, 0.1) is 13.8 Å². The topological polar surface area (TPSA) is 66.3 Å². The van der Waals surface area contributed by atoms with Crippen molar-refractivity contribution in [1.29, 1.82) is 0 Å². The van der Waals surface area contributed by atoms with Gasteiger partial charge in [-0.2, -0.15) is 0 Å². The predicted octanol–water partition coefficient (Wildman–Crippen LogP) is 21.7. The van der Waals surface area contributed by atoms with Crippen LogP contribution >= 0.6 is 0 Å². The number of aromatic nitrogens is 7. The van der Waals surface area contributed by atoms with Crippen molar-refractivity contribution < 1.29 is 0 Å². The molecule has 0 aliphatic heterocycles. The van der Waals surface area contributed by atoms with Gasteiger partial charge in [-0.15, -0.1) is 0 Å². The molecule has 5 aromatic heterocycles. The van der Waals surface area contributed by atoms with Gasteiger partial charge < -0.3 is 13.7 Å². The molecule has 5 heterocycles. The fourth-order valence-electron chi connectivity index (χ4n) is 13.1. The van der Waals surface area contributed by atoms with Crippen LogP contribution in [0.2, 0.25) is 0 Å². The number of nitrogens with zero attached hydrogens (tertiary/aromatic N) is 7. The van der Waals surface area contributed by atoms with Gasteiger partial charge in [0.2, 0.25) is 0 Å². The second-order valence-electron chi connectivity index (χ2n) is 23.2. The minimum atomic E-state index is 0.433. The van der Waals surface area contributed by atoms with Gasteiger partial charge in [0.1, 0.15) is 0 Å². The predicted molar refractivity (Wildman–Crippen MR) is 381 cm³/mol. The smallest absolute Gasteiger partial charge is 0.198 e. The molecule has 0 aliphatic carbocycles. The Bertz CT molecular complexity index is 5170. The van der Waals surface area contributed by atoms with Crippen molar-refractivity contribution in [3.8, 4) is 73.7 Å². The van der Waals surface area contributed by atoms with Crippen LogP contribution in [0.25, 0.3) is 145 Å². The highest BCUT2D eigenvalue weighted by Crippen LogP contribution is 2.38. The van der Waals surface area contributed by atoms with Crippen LogP contribution in [0.4, 0.5) is 0 Å². The lowest BCUT2D eigenvalue weighted by Crippen LogP contribution is -2.02. The number of rotatable bonds is 11. The van der Waals surface area contributed by atoms with E-state index in [4.69, 9.17) is 19.9 Å². The van der Waals surface area contributed by atoms with E-state index in [0.29, 0.717) is 11.6 Å². The third kappa shape index (κ3) is 10.3. The number of hydrogen-bond acceptors (Lipinski definition) is 4. The second-order valence-corrected chi connectivity index (χ2v) is 23.2. The van der Waals surface area contributed by atoms with Crippen LogP contribution in [-0.2, 0) is 0 Å². The zero-order valence-electron chi connectivity index (χ0n) is 51.1. The van der Waals surface area contributed by atoms with Crippen LogP contribution in [0.15, 0.2) is 309 Å². The SMILES string of the molecule is C=C/C(=C(C)\C=C/C)c1ccccc1C.Cc1ccc(-c2cc(-c3ccc(-n4c5ccccc5c5ccccc54)cc3)nc(-c3nc(-c4ccc(-n5c6ccccc6c6ccccc65)cc4)cc(-c4ccc(-n5c6ccccc6c6ccccc65)cc4)n3)n2)cc1. The molecular weight excluding hydrogens is 1110 g/mol. The summed E-state index contributed by atoms with van der Waals surface area (Å²) in [6.45, 7) is 12.3. The van der Waals surface area contributed by atoms with Gasteiger partial charge in [-0.25, -0.2) is 19.9 Å². The Kier molecular flexibility index (Phi) is 14.5. The molecular formula is C84H63N7. The van der Waals surface area contributed by atoms with E-state index in [0.717, 1.165) is 95.2 Å². The highest BCUT2D eigenvalue weighted by Gasteiger charge is 2.20. The van der Waals surface area contributed by atoms with E-state index in [9.17, 15) is 0 Å². The highest BCUT2D eigenvalue weighted by atomic mass is 15.0. The Morgan fingerprint density at radius 1 is 0.341 bits per heavy atom. The lowest BCUT2D eigenvalue weighted by Gasteiger charge is -2.13. The molecule has 0 aliphatic rings. The Morgan fingerprint density at radius 2 is 0.615 bits per heavy atom. The van der Waals surface area contributed by atoms with Gasteiger partial charge in [-0.1, -0.05) is 224 Å². The van der Waals surface area contributed by atoms with E-state index >= 15 is 0 Å². The Balaban J connectivity index is 0.000000407. The number of para-hydroxylation sites is 6. The van der Waals surface area contributed by atoms with Gasteiger partial charge in [0.05, 0.1) is 55.9 Å². The largest absolute Gasteiger partial charge is 0.309 e. The van der Waals surface area contributed by atoms with Crippen LogP contribution < -0.4 is 0 Å². The first-order chi connectivity index (χ1) is 44.8. The quantitative estimate of drug-likeness (QED) is 0.121. The molecule has 0 N–H and O–H groups in total. The standard InChI is InChI=1S/C69H45N7.C15H18/c1-44-26-28-45(29-27-44)58-42-59(46-30-36-49(37-31-46)74-62-20-8-2-14-52(62)53-15-3-9-21-63(53)74)71-68(70-58)69-72-60(47-32-38-50(39-33-47)75-64-22-10-4-16-54(64)55-17-5-11-23-65(55)75)43-61(73-69)48-34-40-51(41-35-48)76-66-24-12-6-18-56(66)57-19-7-13-25-67(57)76;1-5-9-12(3)14(6-2)15-11-8-7-10-13(15)4/h2-43H,1H3;5-11H,2H2,1,3-4H3/b;9-5-,14-12+. The van der Waals surface area contributed by atoms with E-state index < -0.39 is 0 Å². The fraction of sp³-hybridized carbons (Fsp3) is 0.0476. The van der Waals surface area contributed by atoms with Crippen molar-refractivity contribution in [3.63, 3.8) is 0 Å². The maximum absolute atomic E-state index is 5.36. The molecule has 7 nitrogen and oxygen atoms in total. The van der Waals surface area contributed by atoms with Crippen LogP contribution in [-0.4, -0.2) is 33.6 Å².